The molecule has 1 aliphatic rings. The van der Waals surface area contributed by atoms with Gasteiger partial charge in [-0.1, -0.05) is 6.07 Å². The van der Waals surface area contributed by atoms with Crippen molar-refractivity contribution >= 4 is 5.91 Å². The molecule has 0 spiro atoms. The van der Waals surface area contributed by atoms with E-state index in [-0.39, 0.29) is 12.6 Å². The summed E-state index contributed by atoms with van der Waals surface area (Å²) in [7, 11) is 0. The molecule has 0 bridgehead atoms. The smallest absolute Gasteiger partial charge is 0.245 e. The molecular formula is C11H15N3O2. The van der Waals surface area contributed by atoms with E-state index >= 15 is 0 Å². The number of hydrogen-bond acceptors (Lipinski definition) is 4. The lowest BCUT2D eigenvalue weighted by Crippen LogP contribution is -2.30. The van der Waals surface area contributed by atoms with E-state index in [0.717, 1.165) is 25.0 Å². The van der Waals surface area contributed by atoms with Gasteiger partial charge in [0, 0.05) is 6.20 Å². The number of nitrogens with two attached hydrogens (primary N) is 1. The molecule has 0 saturated heterocycles. The average molecular weight is 221 g/mol. The fourth-order valence-corrected chi connectivity index (χ4v) is 1.94. The number of aryl methyl sites for hydroxylation is 1. The first-order chi connectivity index (χ1) is 7.77. The largest absolute Gasteiger partial charge is 0.368 e. The van der Waals surface area contributed by atoms with E-state index in [9.17, 15) is 4.79 Å². The zero-order chi connectivity index (χ0) is 11.4. The third-order valence-electron chi connectivity index (χ3n) is 2.64. The summed E-state index contributed by atoms with van der Waals surface area (Å²) < 4.78 is 0. The topological polar surface area (TPSA) is 77.2 Å². The minimum Gasteiger partial charge on any atom is -0.368 e. The number of nitrogens with zero attached hydrogens (tertiary/aromatic N) is 1. The van der Waals surface area contributed by atoms with Crippen LogP contribution < -0.4 is 11.2 Å². The summed E-state index contributed by atoms with van der Waals surface area (Å²) in [5, 5.41) is 0. The van der Waals surface area contributed by atoms with Crippen LogP contribution in [0.2, 0.25) is 0 Å². The summed E-state index contributed by atoms with van der Waals surface area (Å²) in [4.78, 5) is 19.9. The van der Waals surface area contributed by atoms with E-state index in [1.54, 1.807) is 6.20 Å². The normalized spacial score (nSPS) is 19.1. The maximum Gasteiger partial charge on any atom is 0.245 e. The molecule has 1 aromatic rings. The summed E-state index contributed by atoms with van der Waals surface area (Å²) in [6.45, 7) is -0.112. The van der Waals surface area contributed by atoms with E-state index in [1.807, 2.05) is 6.07 Å². The predicted molar refractivity (Wildman–Crippen MR) is 58.2 cm³/mol. The van der Waals surface area contributed by atoms with Crippen LogP contribution in [0.25, 0.3) is 0 Å². The molecule has 1 unspecified atom stereocenters. The first-order valence-corrected chi connectivity index (χ1v) is 5.37. The third-order valence-corrected chi connectivity index (χ3v) is 2.64. The van der Waals surface area contributed by atoms with Crippen molar-refractivity contribution < 1.29 is 9.63 Å². The maximum atomic E-state index is 10.5. The Morgan fingerprint density at radius 1 is 1.69 bits per heavy atom. The molecule has 1 aromatic heterocycles. The van der Waals surface area contributed by atoms with Crippen LogP contribution in [0.15, 0.2) is 18.3 Å². The van der Waals surface area contributed by atoms with Gasteiger partial charge in [0.25, 0.3) is 0 Å². The monoisotopic (exact) mass is 221 g/mol. The highest BCUT2D eigenvalue weighted by Crippen LogP contribution is 2.27. The third kappa shape index (κ3) is 2.56. The second-order valence-electron chi connectivity index (χ2n) is 3.87. The molecule has 1 amide bonds. The first-order valence-electron chi connectivity index (χ1n) is 5.37. The zero-order valence-electron chi connectivity index (χ0n) is 8.98. The molecule has 0 aromatic carbocycles. The molecule has 0 fully saturated rings. The van der Waals surface area contributed by atoms with Crippen LogP contribution >= 0.6 is 0 Å². The molecule has 16 heavy (non-hydrogen) atoms. The Morgan fingerprint density at radius 2 is 2.56 bits per heavy atom. The minimum absolute atomic E-state index is 0.0595. The number of primary amides is 1. The second-order valence-corrected chi connectivity index (χ2v) is 3.87. The number of hydroxylamine groups is 1. The molecular weight excluding hydrogens is 206 g/mol. The predicted octanol–water partition coefficient (Wildman–Crippen LogP) is 0.465. The lowest BCUT2D eigenvalue weighted by Gasteiger charge is -2.24. The summed E-state index contributed by atoms with van der Waals surface area (Å²) in [6, 6.07) is 4.07. The molecule has 5 nitrogen and oxygen atoms in total. The van der Waals surface area contributed by atoms with Gasteiger partial charge in [-0.3, -0.25) is 14.6 Å². The van der Waals surface area contributed by atoms with Crippen LogP contribution in [0.5, 0.6) is 0 Å². The first kappa shape index (κ1) is 11.0. The molecule has 5 heteroatoms. The Kier molecular flexibility index (Phi) is 3.48. The fraction of sp³-hybridized carbons (Fsp3) is 0.455. The number of hydrogen-bond donors (Lipinski definition) is 2. The molecule has 0 saturated carbocycles. The van der Waals surface area contributed by atoms with E-state index in [2.05, 4.69) is 16.5 Å². The van der Waals surface area contributed by atoms with Crippen LogP contribution in [0.1, 0.15) is 30.1 Å². The number of nitrogens with one attached hydrogen (secondary N) is 1. The maximum absolute atomic E-state index is 10.5. The molecule has 0 aliphatic heterocycles. The van der Waals surface area contributed by atoms with Crippen molar-refractivity contribution in [1.82, 2.24) is 10.5 Å². The fourth-order valence-electron chi connectivity index (χ4n) is 1.94. The van der Waals surface area contributed by atoms with Gasteiger partial charge >= 0.3 is 0 Å². The van der Waals surface area contributed by atoms with Crippen LogP contribution in [-0.2, 0) is 16.1 Å². The highest BCUT2D eigenvalue weighted by Gasteiger charge is 2.21. The molecule has 1 atom stereocenters. The van der Waals surface area contributed by atoms with Gasteiger partial charge in [-0.25, -0.2) is 0 Å². The highest BCUT2D eigenvalue weighted by molar-refractivity contribution is 5.74. The van der Waals surface area contributed by atoms with Gasteiger partial charge in [-0.05, 0) is 30.9 Å². The van der Waals surface area contributed by atoms with Crippen molar-refractivity contribution in [1.29, 1.82) is 0 Å². The van der Waals surface area contributed by atoms with Gasteiger partial charge in [0.15, 0.2) is 0 Å². The number of rotatable bonds is 4. The number of amides is 1. The zero-order valence-corrected chi connectivity index (χ0v) is 8.98. The lowest BCUT2D eigenvalue weighted by molar-refractivity contribution is -0.126. The van der Waals surface area contributed by atoms with E-state index in [1.165, 1.54) is 5.56 Å². The van der Waals surface area contributed by atoms with E-state index < -0.39 is 5.91 Å². The van der Waals surface area contributed by atoms with Gasteiger partial charge in [0.2, 0.25) is 5.91 Å². The molecule has 3 N–H and O–H groups in total. The van der Waals surface area contributed by atoms with Crippen molar-refractivity contribution in [3.05, 3.63) is 29.6 Å². The van der Waals surface area contributed by atoms with Gasteiger partial charge < -0.3 is 5.73 Å². The van der Waals surface area contributed by atoms with Crippen molar-refractivity contribution in [3.63, 3.8) is 0 Å². The minimum atomic E-state index is -0.482. The van der Waals surface area contributed by atoms with Crippen molar-refractivity contribution in [2.75, 3.05) is 6.61 Å². The van der Waals surface area contributed by atoms with Gasteiger partial charge in [0.1, 0.15) is 6.61 Å². The molecule has 86 valence electrons. The highest BCUT2D eigenvalue weighted by atomic mass is 16.6. The standard InChI is InChI=1S/C11H15N3O2/c12-10(15)7-16-14-9-5-1-3-8-4-2-6-13-11(8)9/h2,4,6,9,14H,1,3,5,7H2,(H2,12,15). The number of aromatic nitrogens is 1. The number of carbonyl (C=O) groups is 1. The quantitative estimate of drug-likeness (QED) is 0.724. The van der Waals surface area contributed by atoms with Crippen molar-refractivity contribution in [3.8, 4) is 0 Å². The summed E-state index contributed by atoms with van der Waals surface area (Å²) in [6.07, 6.45) is 4.88. The van der Waals surface area contributed by atoms with Gasteiger partial charge in [-0.15, -0.1) is 0 Å². The van der Waals surface area contributed by atoms with Gasteiger partial charge in [-0.2, -0.15) is 5.48 Å². The van der Waals surface area contributed by atoms with Crippen LogP contribution in [0.3, 0.4) is 0 Å². The molecule has 2 rings (SSSR count). The van der Waals surface area contributed by atoms with Crippen molar-refractivity contribution in [2.24, 2.45) is 5.73 Å². The molecule has 1 heterocycles. The Hall–Kier alpha value is -1.46. The lowest BCUT2D eigenvalue weighted by atomic mass is 9.92. The number of pyridine rings is 1. The van der Waals surface area contributed by atoms with E-state index in [0.29, 0.717) is 0 Å². The average Bonchev–Trinajstić information content (AvgIpc) is 2.29. The Labute approximate surface area is 94.0 Å². The molecule has 0 radical (unpaired) electrons. The summed E-state index contributed by atoms with van der Waals surface area (Å²) in [5.74, 6) is -0.482. The number of fused-ring (bicyclic) bond motifs is 1. The summed E-state index contributed by atoms with van der Waals surface area (Å²) >= 11 is 0. The van der Waals surface area contributed by atoms with E-state index in [4.69, 9.17) is 10.6 Å². The number of carbonyl (C=O) groups excluding carboxylic acids is 1. The Balaban J connectivity index is 1.99. The second kappa shape index (κ2) is 5.05. The SMILES string of the molecule is NC(=O)CONC1CCCc2cccnc21. The van der Waals surface area contributed by atoms with Crippen LogP contribution in [0.4, 0.5) is 0 Å². The molecule has 1 aliphatic carbocycles. The van der Waals surface area contributed by atoms with Crippen molar-refractivity contribution in [2.45, 2.75) is 25.3 Å². The Bertz CT molecular complexity index is 381. The van der Waals surface area contributed by atoms with Gasteiger partial charge in [0.05, 0.1) is 11.7 Å². The Morgan fingerprint density at radius 3 is 3.38 bits per heavy atom. The van der Waals surface area contributed by atoms with Crippen LogP contribution in [0, 0.1) is 0 Å². The van der Waals surface area contributed by atoms with Crippen LogP contribution in [-0.4, -0.2) is 17.5 Å². The summed E-state index contributed by atoms with van der Waals surface area (Å²) in [5.41, 5.74) is 10.1.